The summed E-state index contributed by atoms with van der Waals surface area (Å²) in [5.74, 6) is -2.09. The summed E-state index contributed by atoms with van der Waals surface area (Å²) in [5.41, 5.74) is 4.99. The van der Waals surface area contributed by atoms with Gasteiger partial charge in [-0.2, -0.15) is 0 Å². The third-order valence-electron chi connectivity index (χ3n) is 0.941. The standard InChI is InChI=1S/C5H7N3O4/c6-3(5(10)11)2-12-4(9)1-8-7/h3H,1-2,6H2/p+1/t3-/m0/s1. The zero-order valence-corrected chi connectivity index (χ0v) is 6.14. The fourth-order valence-corrected chi connectivity index (χ4v) is 0.357. The summed E-state index contributed by atoms with van der Waals surface area (Å²) in [6, 6.07) is -1.24. The first-order valence-corrected chi connectivity index (χ1v) is 3.02. The van der Waals surface area contributed by atoms with E-state index < -0.39 is 31.1 Å². The highest BCUT2D eigenvalue weighted by Gasteiger charge is 2.16. The molecular weight excluding hydrogens is 166 g/mol. The Bertz CT molecular complexity index is 221. The normalized spacial score (nSPS) is 11.3. The first kappa shape index (κ1) is 10.3. The first-order valence-electron chi connectivity index (χ1n) is 3.02. The van der Waals surface area contributed by atoms with Gasteiger partial charge in [-0.3, -0.25) is 4.79 Å². The summed E-state index contributed by atoms with van der Waals surface area (Å²) in [7, 11) is 0. The molecule has 0 radical (unpaired) electrons. The van der Waals surface area contributed by atoms with E-state index in [-0.39, 0.29) is 0 Å². The number of carbonyl (C=O) groups excluding carboxylic acids is 1. The van der Waals surface area contributed by atoms with Gasteiger partial charge in [-0.15, -0.1) is 0 Å². The summed E-state index contributed by atoms with van der Waals surface area (Å²) < 4.78 is 4.31. The molecule has 0 unspecified atom stereocenters. The zero-order valence-electron chi connectivity index (χ0n) is 6.14. The number of ether oxygens (including phenoxy) is 1. The van der Waals surface area contributed by atoms with E-state index in [4.69, 9.17) is 16.2 Å². The van der Waals surface area contributed by atoms with Gasteiger partial charge < -0.3 is 15.6 Å². The average molecular weight is 174 g/mol. The molecule has 1 atom stereocenters. The lowest BCUT2D eigenvalue weighted by Gasteiger charge is -2.03. The molecule has 7 heteroatoms. The van der Waals surface area contributed by atoms with Crippen LogP contribution in [0.3, 0.4) is 0 Å². The molecule has 0 aliphatic rings. The minimum absolute atomic E-state index is 0.427. The predicted octanol–water partition coefficient (Wildman–Crippen LogP) is -1.21. The number of hydrogen-bond donors (Lipinski definition) is 2. The highest BCUT2D eigenvalue weighted by molar-refractivity contribution is 5.75. The Balaban J connectivity index is 3.63. The Labute approximate surface area is 67.7 Å². The number of carboxylic acid groups (broad SMARTS) is 1. The Morgan fingerprint density at radius 2 is 2.25 bits per heavy atom. The van der Waals surface area contributed by atoms with Gasteiger partial charge in [0.2, 0.25) is 5.39 Å². The smallest absolute Gasteiger partial charge is 0.399 e. The molecule has 0 aliphatic carbocycles. The molecule has 3 N–H and O–H groups in total. The lowest BCUT2D eigenvalue weighted by atomic mass is 10.3. The second-order valence-electron chi connectivity index (χ2n) is 1.93. The molecule has 0 rings (SSSR count). The minimum atomic E-state index is -1.26. The van der Waals surface area contributed by atoms with E-state index >= 15 is 0 Å². The number of diazo groups is 1. The van der Waals surface area contributed by atoms with Crippen LogP contribution < -0.4 is 5.73 Å². The molecule has 0 aromatic heterocycles. The van der Waals surface area contributed by atoms with Crippen molar-refractivity contribution >= 4 is 11.9 Å². The van der Waals surface area contributed by atoms with Crippen LogP contribution >= 0.6 is 0 Å². The molecule has 0 heterocycles. The van der Waals surface area contributed by atoms with E-state index in [1.807, 2.05) is 0 Å². The molecule has 0 aromatic rings. The van der Waals surface area contributed by atoms with Crippen molar-refractivity contribution in [3.63, 3.8) is 0 Å². The van der Waals surface area contributed by atoms with Gasteiger partial charge in [-0.05, 0) is 0 Å². The van der Waals surface area contributed by atoms with Gasteiger partial charge in [0, 0.05) is 0 Å². The molecule has 0 saturated heterocycles. The van der Waals surface area contributed by atoms with Crippen molar-refractivity contribution in [3.8, 4) is 0 Å². The molecule has 0 amide bonds. The van der Waals surface area contributed by atoms with Crippen molar-refractivity contribution in [2.75, 3.05) is 13.2 Å². The number of carbonyl (C=O) groups is 2. The van der Waals surface area contributed by atoms with Crippen molar-refractivity contribution in [2.24, 2.45) is 5.73 Å². The second kappa shape index (κ2) is 5.03. The van der Waals surface area contributed by atoms with Crippen LogP contribution in [0.5, 0.6) is 0 Å². The summed E-state index contributed by atoms with van der Waals surface area (Å²) in [6.45, 7) is -0.948. The molecule has 0 saturated carbocycles. The number of carboxylic acids is 1. The molecule has 7 nitrogen and oxygen atoms in total. The summed E-state index contributed by atoms with van der Waals surface area (Å²) >= 11 is 0. The number of hydrogen-bond acceptors (Lipinski definition) is 5. The Hall–Kier alpha value is -1.68. The molecule has 12 heavy (non-hydrogen) atoms. The van der Waals surface area contributed by atoms with Gasteiger partial charge in [0.25, 0.3) is 0 Å². The first-order chi connectivity index (χ1) is 5.57. The van der Waals surface area contributed by atoms with E-state index in [1.165, 1.54) is 0 Å². The van der Waals surface area contributed by atoms with Gasteiger partial charge >= 0.3 is 18.5 Å². The van der Waals surface area contributed by atoms with Crippen molar-refractivity contribution in [1.82, 2.24) is 0 Å². The summed E-state index contributed by atoms with van der Waals surface area (Å²) in [5, 5.41) is 16.1. The molecule has 0 bridgehead atoms. The van der Waals surface area contributed by atoms with Crippen molar-refractivity contribution in [3.05, 3.63) is 4.98 Å². The van der Waals surface area contributed by atoms with E-state index in [0.29, 0.717) is 0 Å². The highest BCUT2D eigenvalue weighted by atomic mass is 16.5. The Kier molecular flexibility index (Phi) is 4.33. The van der Waals surface area contributed by atoms with Crippen LogP contribution in [0.15, 0.2) is 0 Å². The minimum Gasteiger partial charge on any atom is -0.480 e. The van der Waals surface area contributed by atoms with Crippen LogP contribution in [0.1, 0.15) is 0 Å². The fourth-order valence-electron chi connectivity index (χ4n) is 0.357. The van der Waals surface area contributed by atoms with Gasteiger partial charge in [-0.1, -0.05) is 0 Å². The number of aliphatic carboxylic acids is 1. The van der Waals surface area contributed by atoms with Crippen LogP contribution in [0.4, 0.5) is 0 Å². The maximum absolute atomic E-state index is 10.4. The third-order valence-corrected chi connectivity index (χ3v) is 0.941. The van der Waals surface area contributed by atoms with Crippen LogP contribution in [0, 0.1) is 5.39 Å². The third kappa shape index (κ3) is 4.19. The van der Waals surface area contributed by atoms with Crippen molar-refractivity contribution in [1.29, 1.82) is 5.39 Å². The van der Waals surface area contributed by atoms with Gasteiger partial charge in [0.05, 0.1) is 0 Å². The molecule has 0 aliphatic heterocycles. The van der Waals surface area contributed by atoms with Gasteiger partial charge in [0.15, 0.2) is 0 Å². The van der Waals surface area contributed by atoms with Crippen molar-refractivity contribution in [2.45, 2.75) is 6.04 Å². The lowest BCUT2D eigenvalue weighted by Crippen LogP contribution is -2.36. The molecule has 0 fully saturated rings. The molecule has 0 spiro atoms. The SMILES string of the molecule is N#[N+]CC(=O)OC[C@H](N)C(=O)O. The van der Waals surface area contributed by atoms with E-state index in [9.17, 15) is 9.59 Å². The largest absolute Gasteiger partial charge is 0.480 e. The predicted molar refractivity (Wildman–Crippen MR) is 36.5 cm³/mol. The summed E-state index contributed by atoms with van der Waals surface area (Å²) in [6.07, 6.45) is 0. The van der Waals surface area contributed by atoms with Crippen LogP contribution in [0.2, 0.25) is 0 Å². The van der Waals surface area contributed by atoms with Gasteiger partial charge in [-0.25, -0.2) is 4.79 Å². The highest BCUT2D eigenvalue weighted by Crippen LogP contribution is 1.84. The number of nitrogens with two attached hydrogens (primary N) is 1. The second-order valence-corrected chi connectivity index (χ2v) is 1.93. The number of esters is 1. The molecule has 0 aromatic carbocycles. The maximum Gasteiger partial charge on any atom is 0.399 e. The van der Waals surface area contributed by atoms with E-state index in [1.54, 1.807) is 0 Å². The molecular formula is C5H8N3O4+. The number of rotatable bonds is 4. The summed E-state index contributed by atoms with van der Waals surface area (Å²) in [4.78, 5) is 23.0. The quantitative estimate of drug-likeness (QED) is 0.408. The zero-order chi connectivity index (χ0) is 9.56. The fraction of sp³-hybridized carbons (Fsp3) is 0.600. The van der Waals surface area contributed by atoms with E-state index in [0.717, 1.165) is 0 Å². The maximum atomic E-state index is 10.4. The monoisotopic (exact) mass is 174 g/mol. The van der Waals surface area contributed by atoms with Crippen LogP contribution in [-0.4, -0.2) is 36.2 Å². The Morgan fingerprint density at radius 1 is 1.67 bits per heavy atom. The Morgan fingerprint density at radius 3 is 2.67 bits per heavy atom. The number of nitrogens with zero attached hydrogens (tertiary/aromatic N) is 2. The van der Waals surface area contributed by atoms with Crippen molar-refractivity contribution < 1.29 is 19.4 Å². The average Bonchev–Trinajstić information content (AvgIpc) is 2.00. The molecule has 66 valence electrons. The lowest BCUT2D eigenvalue weighted by molar-refractivity contribution is -0.146. The van der Waals surface area contributed by atoms with E-state index in [2.05, 4.69) is 9.71 Å². The van der Waals surface area contributed by atoms with Gasteiger partial charge in [0.1, 0.15) is 17.6 Å². The van der Waals surface area contributed by atoms with Crippen LogP contribution in [0.25, 0.3) is 4.98 Å². The van der Waals surface area contributed by atoms with Crippen LogP contribution in [-0.2, 0) is 14.3 Å². The topological polar surface area (TPSA) is 118 Å².